The lowest BCUT2D eigenvalue weighted by molar-refractivity contribution is 0.102. The molecule has 2 aromatic heterocycles. The molecule has 28 heavy (non-hydrogen) atoms. The molecule has 0 aliphatic carbocycles. The van der Waals surface area contributed by atoms with Gasteiger partial charge in [-0.1, -0.05) is 19.9 Å². The topological polar surface area (TPSA) is 96.9 Å². The number of aryl methyl sites for hydroxylation is 2. The van der Waals surface area contributed by atoms with Crippen LogP contribution < -0.4 is 16.6 Å². The third-order valence-electron chi connectivity index (χ3n) is 4.55. The number of aromatic nitrogens is 3. The van der Waals surface area contributed by atoms with E-state index in [0.29, 0.717) is 11.3 Å². The van der Waals surface area contributed by atoms with Crippen LogP contribution in [0.25, 0.3) is 11.0 Å². The van der Waals surface area contributed by atoms with Gasteiger partial charge in [0, 0.05) is 17.9 Å². The highest BCUT2D eigenvalue weighted by Crippen LogP contribution is 2.21. The summed E-state index contributed by atoms with van der Waals surface area (Å²) in [5.74, 6) is -1.06. The van der Waals surface area contributed by atoms with Crippen molar-refractivity contribution in [2.24, 2.45) is 0 Å². The van der Waals surface area contributed by atoms with Gasteiger partial charge in [0.25, 0.3) is 11.5 Å². The van der Waals surface area contributed by atoms with Gasteiger partial charge in [0.15, 0.2) is 5.65 Å². The summed E-state index contributed by atoms with van der Waals surface area (Å²) in [5, 5.41) is 2.64. The molecule has 0 atom stereocenters. The van der Waals surface area contributed by atoms with E-state index in [1.807, 2.05) is 13.8 Å². The standard InChI is InChI=1S/C20H21FN4O3/c1-5-25-17-16(19(27)24-20(25)28)13(9-15(23-17)10(2)3)18(26)22-12-7-6-11(4)14(21)8-12/h6-10H,5H2,1-4H3,(H,22,26)(H,24,27,28). The van der Waals surface area contributed by atoms with Crippen LogP contribution in [0.5, 0.6) is 0 Å². The Hall–Kier alpha value is -3.29. The van der Waals surface area contributed by atoms with E-state index in [9.17, 15) is 18.8 Å². The average Bonchev–Trinajstić information content (AvgIpc) is 2.63. The first kappa shape index (κ1) is 19.5. The van der Waals surface area contributed by atoms with Crippen molar-refractivity contribution in [3.8, 4) is 0 Å². The molecule has 3 rings (SSSR count). The minimum Gasteiger partial charge on any atom is -0.322 e. The first-order valence-corrected chi connectivity index (χ1v) is 8.98. The molecule has 7 nitrogen and oxygen atoms in total. The van der Waals surface area contributed by atoms with Crippen molar-refractivity contribution in [2.75, 3.05) is 5.32 Å². The van der Waals surface area contributed by atoms with Crippen LogP contribution in [0.1, 0.15) is 48.3 Å². The van der Waals surface area contributed by atoms with Gasteiger partial charge >= 0.3 is 5.69 Å². The molecule has 0 spiro atoms. The smallest absolute Gasteiger partial charge is 0.322 e. The fraction of sp³-hybridized carbons (Fsp3) is 0.300. The molecule has 146 valence electrons. The van der Waals surface area contributed by atoms with E-state index in [-0.39, 0.29) is 34.7 Å². The van der Waals surface area contributed by atoms with Crippen molar-refractivity contribution in [1.82, 2.24) is 14.5 Å². The van der Waals surface area contributed by atoms with Crippen molar-refractivity contribution >= 4 is 22.6 Å². The monoisotopic (exact) mass is 384 g/mol. The fourth-order valence-electron chi connectivity index (χ4n) is 2.93. The van der Waals surface area contributed by atoms with Gasteiger partial charge in [0.1, 0.15) is 5.82 Å². The van der Waals surface area contributed by atoms with Gasteiger partial charge in [-0.2, -0.15) is 0 Å². The van der Waals surface area contributed by atoms with E-state index >= 15 is 0 Å². The number of hydrogen-bond donors (Lipinski definition) is 2. The maximum Gasteiger partial charge on any atom is 0.329 e. The zero-order valence-electron chi connectivity index (χ0n) is 16.1. The van der Waals surface area contributed by atoms with E-state index in [1.165, 1.54) is 16.7 Å². The molecule has 0 bridgehead atoms. The van der Waals surface area contributed by atoms with Gasteiger partial charge in [-0.3, -0.25) is 19.1 Å². The van der Waals surface area contributed by atoms with Gasteiger partial charge in [-0.05, 0) is 43.5 Å². The van der Waals surface area contributed by atoms with E-state index in [0.717, 1.165) is 0 Å². The van der Waals surface area contributed by atoms with Crippen LogP contribution in [-0.2, 0) is 6.54 Å². The number of pyridine rings is 1. The summed E-state index contributed by atoms with van der Waals surface area (Å²) in [7, 11) is 0. The lowest BCUT2D eigenvalue weighted by Crippen LogP contribution is -2.32. The largest absolute Gasteiger partial charge is 0.329 e. The Kier molecular flexibility index (Phi) is 5.13. The number of nitrogens with one attached hydrogen (secondary N) is 2. The number of rotatable bonds is 4. The number of aromatic amines is 1. The van der Waals surface area contributed by atoms with Gasteiger partial charge < -0.3 is 5.32 Å². The number of H-pyrrole nitrogens is 1. The summed E-state index contributed by atoms with van der Waals surface area (Å²) in [4.78, 5) is 44.2. The second kappa shape index (κ2) is 7.38. The SMILES string of the molecule is CCn1c(=O)[nH]c(=O)c2c(C(=O)Nc3ccc(C)c(F)c3)cc(C(C)C)nc21. The molecule has 0 radical (unpaired) electrons. The van der Waals surface area contributed by atoms with Crippen LogP contribution in [-0.4, -0.2) is 20.4 Å². The number of hydrogen-bond acceptors (Lipinski definition) is 4. The molecule has 0 aliphatic heterocycles. The molecular weight excluding hydrogens is 363 g/mol. The number of amides is 1. The third-order valence-corrected chi connectivity index (χ3v) is 4.55. The zero-order chi connectivity index (χ0) is 20.6. The number of carbonyl (C=O) groups is 1. The normalized spacial score (nSPS) is 11.2. The van der Waals surface area contributed by atoms with E-state index in [1.54, 1.807) is 26.0 Å². The Morgan fingerprint density at radius 1 is 1.29 bits per heavy atom. The van der Waals surface area contributed by atoms with Crippen molar-refractivity contribution in [3.05, 3.63) is 67.7 Å². The summed E-state index contributed by atoms with van der Waals surface area (Å²) in [6, 6.07) is 5.88. The van der Waals surface area contributed by atoms with Gasteiger partial charge in [-0.25, -0.2) is 14.2 Å². The molecule has 1 amide bonds. The maximum atomic E-state index is 13.8. The summed E-state index contributed by atoms with van der Waals surface area (Å²) in [6.45, 7) is 7.44. The highest BCUT2D eigenvalue weighted by molar-refractivity contribution is 6.11. The molecule has 3 aromatic rings. The van der Waals surface area contributed by atoms with E-state index in [4.69, 9.17) is 0 Å². The molecule has 2 heterocycles. The van der Waals surface area contributed by atoms with Gasteiger partial charge in [0.05, 0.1) is 10.9 Å². The molecule has 0 saturated carbocycles. The van der Waals surface area contributed by atoms with Crippen molar-refractivity contribution in [2.45, 2.75) is 40.2 Å². The fourth-order valence-corrected chi connectivity index (χ4v) is 2.93. The lowest BCUT2D eigenvalue weighted by atomic mass is 10.0. The molecule has 0 aliphatic rings. The van der Waals surface area contributed by atoms with Crippen LogP contribution in [0.2, 0.25) is 0 Å². The average molecular weight is 384 g/mol. The Bertz CT molecular complexity index is 1190. The Labute approximate surface area is 160 Å². The van der Waals surface area contributed by atoms with Crippen LogP contribution >= 0.6 is 0 Å². The molecular formula is C20H21FN4O3. The number of nitrogens with zero attached hydrogens (tertiary/aromatic N) is 2. The van der Waals surface area contributed by atoms with Gasteiger partial charge in [-0.15, -0.1) is 0 Å². The van der Waals surface area contributed by atoms with Crippen LogP contribution in [0.3, 0.4) is 0 Å². The predicted molar refractivity (Wildman–Crippen MR) is 105 cm³/mol. The molecule has 2 N–H and O–H groups in total. The summed E-state index contributed by atoms with van der Waals surface area (Å²) < 4.78 is 15.1. The molecule has 0 fully saturated rings. The number of fused-ring (bicyclic) bond motifs is 1. The van der Waals surface area contributed by atoms with E-state index in [2.05, 4.69) is 15.3 Å². The number of benzene rings is 1. The first-order chi connectivity index (χ1) is 13.2. The van der Waals surface area contributed by atoms with Gasteiger partial charge in [0.2, 0.25) is 0 Å². The predicted octanol–water partition coefficient (Wildman–Crippen LogP) is 2.93. The molecule has 0 saturated heterocycles. The Morgan fingerprint density at radius 2 is 2.00 bits per heavy atom. The Balaban J connectivity index is 2.23. The van der Waals surface area contributed by atoms with Crippen molar-refractivity contribution in [3.63, 3.8) is 0 Å². The van der Waals surface area contributed by atoms with Crippen LogP contribution in [0, 0.1) is 12.7 Å². The molecule has 8 heteroatoms. The lowest BCUT2D eigenvalue weighted by Gasteiger charge is -2.14. The molecule has 0 unspecified atom stereocenters. The minimum absolute atomic E-state index is 0.0240. The maximum absolute atomic E-state index is 13.8. The highest BCUT2D eigenvalue weighted by Gasteiger charge is 2.20. The second-order valence-corrected chi connectivity index (χ2v) is 6.87. The summed E-state index contributed by atoms with van der Waals surface area (Å²) >= 11 is 0. The van der Waals surface area contributed by atoms with E-state index < -0.39 is 23.0 Å². The summed E-state index contributed by atoms with van der Waals surface area (Å²) in [5.41, 5.74) is 0.260. The third kappa shape index (κ3) is 3.45. The highest BCUT2D eigenvalue weighted by atomic mass is 19.1. The molecule has 1 aromatic carbocycles. The van der Waals surface area contributed by atoms with Crippen molar-refractivity contribution in [1.29, 1.82) is 0 Å². The number of halogens is 1. The number of anilines is 1. The Morgan fingerprint density at radius 3 is 2.61 bits per heavy atom. The zero-order valence-corrected chi connectivity index (χ0v) is 16.1. The quantitative estimate of drug-likeness (QED) is 0.723. The number of carbonyl (C=O) groups excluding carboxylic acids is 1. The second-order valence-electron chi connectivity index (χ2n) is 6.87. The van der Waals surface area contributed by atoms with Crippen LogP contribution in [0.15, 0.2) is 33.9 Å². The van der Waals surface area contributed by atoms with Crippen LogP contribution in [0.4, 0.5) is 10.1 Å². The van der Waals surface area contributed by atoms with Crippen molar-refractivity contribution < 1.29 is 9.18 Å². The summed E-state index contributed by atoms with van der Waals surface area (Å²) in [6.07, 6.45) is 0. The first-order valence-electron chi connectivity index (χ1n) is 8.98. The minimum atomic E-state index is -0.687.